The van der Waals surface area contributed by atoms with Gasteiger partial charge in [0.2, 0.25) is 0 Å². The van der Waals surface area contributed by atoms with Gasteiger partial charge in [-0.05, 0) is 44.5 Å². The zero-order chi connectivity index (χ0) is 14.8. The van der Waals surface area contributed by atoms with Crippen LogP contribution in [0.3, 0.4) is 0 Å². The van der Waals surface area contributed by atoms with Crippen LogP contribution in [0.15, 0.2) is 18.2 Å². The van der Waals surface area contributed by atoms with Crippen molar-refractivity contribution in [3.8, 4) is 0 Å². The first-order valence-corrected chi connectivity index (χ1v) is 6.00. The fraction of sp³-hybridized carbons (Fsp3) is 0.538. The lowest BCUT2D eigenvalue weighted by molar-refractivity contribution is -0.120. The Morgan fingerprint density at radius 3 is 2.21 bits per heavy atom. The molecule has 0 unspecified atom stereocenters. The predicted octanol–water partition coefficient (Wildman–Crippen LogP) is 3.62. The van der Waals surface area contributed by atoms with Crippen LogP contribution in [0.5, 0.6) is 0 Å². The van der Waals surface area contributed by atoms with Crippen LogP contribution in [0.1, 0.15) is 32.4 Å². The van der Waals surface area contributed by atoms with E-state index in [1.165, 1.54) is 17.0 Å². The van der Waals surface area contributed by atoms with Crippen LogP contribution in [0, 0.1) is 5.82 Å². The van der Waals surface area contributed by atoms with Crippen LogP contribution >= 0.6 is 0 Å². The lowest BCUT2D eigenvalue weighted by Crippen LogP contribution is -2.40. The van der Waals surface area contributed by atoms with Gasteiger partial charge < -0.3 is 10.6 Å². The van der Waals surface area contributed by atoms with Crippen molar-refractivity contribution in [2.45, 2.75) is 39.0 Å². The molecule has 6 heteroatoms. The van der Waals surface area contributed by atoms with E-state index in [2.05, 4.69) is 0 Å². The van der Waals surface area contributed by atoms with Gasteiger partial charge in [0.25, 0.3) is 0 Å². The summed E-state index contributed by atoms with van der Waals surface area (Å²) >= 11 is 0. The Morgan fingerprint density at radius 1 is 1.21 bits per heavy atom. The number of nitrogens with zero attached hydrogens (tertiary/aromatic N) is 1. The van der Waals surface area contributed by atoms with E-state index >= 15 is 0 Å². The molecule has 0 amide bonds. The van der Waals surface area contributed by atoms with Gasteiger partial charge in [-0.3, -0.25) is 0 Å². The Kier molecular flexibility index (Phi) is 4.79. The normalized spacial score (nSPS) is 13.7. The Bertz CT molecular complexity index is 427. The Labute approximate surface area is 110 Å². The maximum atomic E-state index is 13.2. The molecule has 0 fully saturated rings. The van der Waals surface area contributed by atoms with E-state index in [1.807, 2.05) is 0 Å². The summed E-state index contributed by atoms with van der Waals surface area (Å²) in [6, 6.07) is 2.77. The molecule has 0 aliphatic carbocycles. The average molecular weight is 278 g/mol. The zero-order valence-electron chi connectivity index (χ0n) is 11.1. The molecule has 1 aromatic carbocycles. The summed E-state index contributed by atoms with van der Waals surface area (Å²) in [5.41, 5.74) is 6.41. The fourth-order valence-corrected chi connectivity index (χ4v) is 1.89. The number of alkyl halides is 3. The van der Waals surface area contributed by atoms with Crippen molar-refractivity contribution in [1.29, 1.82) is 0 Å². The Morgan fingerprint density at radius 2 is 1.79 bits per heavy atom. The fourth-order valence-electron chi connectivity index (χ4n) is 1.89. The first kappa shape index (κ1) is 15.8. The largest absolute Gasteiger partial charge is 0.405 e. The summed E-state index contributed by atoms with van der Waals surface area (Å²) in [6.45, 7) is 3.83. The molecule has 19 heavy (non-hydrogen) atoms. The summed E-state index contributed by atoms with van der Waals surface area (Å²) < 4.78 is 51.1. The minimum absolute atomic E-state index is 0.323. The molecular weight excluding hydrogens is 260 g/mol. The molecule has 0 heterocycles. The minimum Gasteiger partial charge on any atom is -0.360 e. The zero-order valence-corrected chi connectivity index (χ0v) is 11.1. The molecule has 0 saturated carbocycles. The number of anilines is 1. The van der Waals surface area contributed by atoms with Gasteiger partial charge in [0.15, 0.2) is 0 Å². The third kappa shape index (κ3) is 4.38. The molecule has 108 valence electrons. The predicted molar refractivity (Wildman–Crippen MR) is 67.5 cm³/mol. The third-order valence-electron chi connectivity index (χ3n) is 2.76. The standard InChI is InChI=1S/C13H18F4N2/c1-8(2)19(7-13(15,16)17)12-5-4-10(14)6-11(12)9(3)18/h4-6,8-9H,7,18H2,1-3H3/t9-/m1/s1. The molecule has 0 spiro atoms. The minimum atomic E-state index is -4.33. The highest BCUT2D eigenvalue weighted by Crippen LogP contribution is 2.30. The van der Waals surface area contributed by atoms with E-state index in [-0.39, 0.29) is 6.04 Å². The van der Waals surface area contributed by atoms with E-state index in [0.29, 0.717) is 11.3 Å². The summed E-state index contributed by atoms with van der Waals surface area (Å²) in [6.07, 6.45) is -4.33. The van der Waals surface area contributed by atoms with Gasteiger partial charge in [-0.2, -0.15) is 13.2 Å². The maximum Gasteiger partial charge on any atom is 0.405 e. The maximum absolute atomic E-state index is 13.2. The van der Waals surface area contributed by atoms with Crippen LogP contribution < -0.4 is 10.6 Å². The van der Waals surface area contributed by atoms with Gasteiger partial charge in [0.05, 0.1) is 0 Å². The molecule has 2 N–H and O–H groups in total. The SMILES string of the molecule is CC(C)N(CC(F)(F)F)c1ccc(F)cc1[C@@H](C)N. The second kappa shape index (κ2) is 5.77. The van der Waals surface area contributed by atoms with Gasteiger partial charge in [-0.25, -0.2) is 4.39 Å². The van der Waals surface area contributed by atoms with E-state index < -0.39 is 24.6 Å². The molecule has 2 nitrogen and oxygen atoms in total. The number of nitrogens with two attached hydrogens (primary N) is 1. The molecule has 0 bridgehead atoms. The van der Waals surface area contributed by atoms with Gasteiger partial charge >= 0.3 is 6.18 Å². The molecule has 0 aliphatic rings. The first-order chi connectivity index (χ1) is 8.61. The molecule has 1 rings (SSSR count). The van der Waals surface area contributed by atoms with E-state index in [0.717, 1.165) is 6.07 Å². The second-order valence-electron chi connectivity index (χ2n) is 4.83. The lowest BCUT2D eigenvalue weighted by atomic mass is 10.0. The van der Waals surface area contributed by atoms with Gasteiger partial charge in [-0.1, -0.05) is 0 Å². The van der Waals surface area contributed by atoms with Crippen molar-refractivity contribution >= 4 is 5.69 Å². The highest BCUT2D eigenvalue weighted by Gasteiger charge is 2.33. The highest BCUT2D eigenvalue weighted by atomic mass is 19.4. The Balaban J connectivity index is 3.23. The van der Waals surface area contributed by atoms with E-state index in [1.54, 1.807) is 20.8 Å². The van der Waals surface area contributed by atoms with Gasteiger partial charge in [0, 0.05) is 17.8 Å². The number of benzene rings is 1. The summed E-state index contributed by atoms with van der Waals surface area (Å²) in [7, 11) is 0. The summed E-state index contributed by atoms with van der Waals surface area (Å²) in [5, 5.41) is 0. The quantitative estimate of drug-likeness (QED) is 0.852. The summed E-state index contributed by atoms with van der Waals surface area (Å²) in [4.78, 5) is 1.18. The molecule has 0 radical (unpaired) electrons. The molecule has 0 saturated heterocycles. The van der Waals surface area contributed by atoms with Crippen LogP contribution in [-0.2, 0) is 0 Å². The van der Waals surface area contributed by atoms with Crippen LogP contribution in [0.4, 0.5) is 23.2 Å². The topological polar surface area (TPSA) is 29.3 Å². The first-order valence-electron chi connectivity index (χ1n) is 6.00. The van der Waals surface area contributed by atoms with Crippen molar-refractivity contribution in [3.05, 3.63) is 29.6 Å². The number of hydrogen-bond donors (Lipinski definition) is 1. The molecule has 0 aliphatic heterocycles. The van der Waals surface area contributed by atoms with Crippen LogP contribution in [0.25, 0.3) is 0 Å². The molecular formula is C13H18F4N2. The lowest BCUT2D eigenvalue weighted by Gasteiger charge is -2.32. The smallest absolute Gasteiger partial charge is 0.360 e. The van der Waals surface area contributed by atoms with Gasteiger partial charge in [-0.15, -0.1) is 0 Å². The average Bonchev–Trinajstić information content (AvgIpc) is 2.24. The number of halogens is 4. The molecule has 1 atom stereocenters. The number of hydrogen-bond acceptors (Lipinski definition) is 2. The van der Waals surface area contributed by atoms with Crippen molar-refractivity contribution in [3.63, 3.8) is 0 Å². The molecule has 1 aromatic rings. The van der Waals surface area contributed by atoms with Crippen molar-refractivity contribution in [2.24, 2.45) is 5.73 Å². The van der Waals surface area contributed by atoms with Crippen LogP contribution in [-0.4, -0.2) is 18.8 Å². The Hall–Kier alpha value is -1.30. The summed E-state index contributed by atoms with van der Waals surface area (Å²) in [5.74, 6) is -0.508. The number of rotatable bonds is 4. The second-order valence-corrected chi connectivity index (χ2v) is 4.83. The monoisotopic (exact) mass is 278 g/mol. The van der Waals surface area contributed by atoms with Crippen LogP contribution in [0.2, 0.25) is 0 Å². The molecule has 0 aromatic heterocycles. The third-order valence-corrected chi connectivity index (χ3v) is 2.76. The van der Waals surface area contributed by atoms with Crippen molar-refractivity contribution < 1.29 is 17.6 Å². The van der Waals surface area contributed by atoms with E-state index in [9.17, 15) is 17.6 Å². The van der Waals surface area contributed by atoms with Crippen molar-refractivity contribution in [2.75, 3.05) is 11.4 Å². The van der Waals surface area contributed by atoms with Crippen molar-refractivity contribution in [1.82, 2.24) is 0 Å². The van der Waals surface area contributed by atoms with Gasteiger partial charge in [0.1, 0.15) is 12.4 Å². The highest BCUT2D eigenvalue weighted by molar-refractivity contribution is 5.56. The van der Waals surface area contributed by atoms with E-state index in [4.69, 9.17) is 5.73 Å².